The lowest BCUT2D eigenvalue weighted by atomic mass is 10.0. The third-order valence-electron chi connectivity index (χ3n) is 7.32. The quantitative estimate of drug-likeness (QED) is 0.138. The summed E-state index contributed by atoms with van der Waals surface area (Å²) in [5, 5.41) is 13.0. The van der Waals surface area contributed by atoms with E-state index in [2.05, 4.69) is 63.6 Å². The molecule has 0 amide bonds. The van der Waals surface area contributed by atoms with Crippen LogP contribution in [0, 0.1) is 18.3 Å². The second-order valence-corrected chi connectivity index (χ2v) is 11.0. The van der Waals surface area contributed by atoms with E-state index in [1.165, 1.54) is 43.7 Å². The van der Waals surface area contributed by atoms with E-state index >= 15 is 0 Å². The Balaban J connectivity index is 0.00000102. The zero-order chi connectivity index (χ0) is 35.6. The summed E-state index contributed by atoms with van der Waals surface area (Å²) >= 11 is 0. The van der Waals surface area contributed by atoms with Crippen molar-refractivity contribution in [2.45, 2.75) is 126 Å². The normalized spacial score (nSPS) is 10.3. The van der Waals surface area contributed by atoms with Gasteiger partial charge in [-0.3, -0.25) is 4.79 Å². The minimum atomic E-state index is -0.242. The maximum absolute atomic E-state index is 10.4. The third-order valence-corrected chi connectivity index (χ3v) is 7.32. The van der Waals surface area contributed by atoms with Crippen LogP contribution in [-0.2, 0) is 29.1 Å². The lowest BCUT2D eigenvalue weighted by Gasteiger charge is -2.18. The molecule has 0 saturated heterocycles. The molecule has 7 nitrogen and oxygen atoms in total. The van der Waals surface area contributed by atoms with Crippen molar-refractivity contribution < 1.29 is 14.3 Å². The van der Waals surface area contributed by atoms with Gasteiger partial charge in [0, 0.05) is 24.9 Å². The first-order chi connectivity index (χ1) is 22.7. The third kappa shape index (κ3) is 16.3. The highest BCUT2D eigenvalue weighted by Crippen LogP contribution is 2.25. The molecule has 0 fully saturated rings. The van der Waals surface area contributed by atoms with Gasteiger partial charge in [-0.05, 0) is 42.5 Å². The van der Waals surface area contributed by atoms with E-state index in [-0.39, 0.29) is 11.9 Å². The number of ether oxygens (including phenoxy) is 2. The summed E-state index contributed by atoms with van der Waals surface area (Å²) in [4.78, 5) is 19.7. The second kappa shape index (κ2) is 25.9. The van der Waals surface area contributed by atoms with Crippen LogP contribution in [0.2, 0.25) is 0 Å². The number of methoxy groups -OCH3 is 1. The molecule has 7 heteroatoms. The summed E-state index contributed by atoms with van der Waals surface area (Å²) in [5.74, 6) is 1.59. The second-order valence-electron chi connectivity index (χ2n) is 11.0. The van der Waals surface area contributed by atoms with Gasteiger partial charge in [0.05, 0.1) is 18.5 Å². The number of nitrogens with one attached hydrogen (secondary N) is 1. The van der Waals surface area contributed by atoms with Crippen LogP contribution in [-0.4, -0.2) is 23.0 Å². The Hall–Kier alpha value is -4.18. The molecule has 1 aromatic heterocycles. The molecular weight excluding hydrogens is 584 g/mol. The fourth-order valence-electron chi connectivity index (χ4n) is 4.40. The number of hydrogen-bond acceptors (Lipinski definition) is 7. The molecule has 0 aliphatic rings. The summed E-state index contributed by atoms with van der Waals surface area (Å²) in [6.07, 6.45) is 8.06. The fourth-order valence-corrected chi connectivity index (χ4v) is 4.40. The predicted molar refractivity (Wildman–Crippen MR) is 196 cm³/mol. The van der Waals surface area contributed by atoms with E-state index in [4.69, 9.17) is 14.5 Å². The Morgan fingerprint density at radius 1 is 0.979 bits per heavy atom. The molecule has 258 valence electrons. The van der Waals surface area contributed by atoms with E-state index in [1.807, 2.05) is 63.2 Å². The van der Waals surface area contributed by atoms with Crippen LogP contribution in [0.5, 0.6) is 5.75 Å². The first kappa shape index (κ1) is 42.8. The smallest absolute Gasteiger partial charge is 0.302 e. The van der Waals surface area contributed by atoms with E-state index in [0.717, 1.165) is 47.7 Å². The predicted octanol–water partition coefficient (Wildman–Crippen LogP) is 10.3. The molecule has 1 N–H and O–H groups in total. The van der Waals surface area contributed by atoms with Gasteiger partial charge in [-0.15, -0.1) is 0 Å². The van der Waals surface area contributed by atoms with Crippen molar-refractivity contribution in [3.63, 3.8) is 0 Å². The number of unbranched alkanes of at least 4 members (excludes halogenated alkanes) is 3. The molecule has 2 aromatic carbocycles. The molecule has 1 atom stereocenters. The largest absolute Gasteiger partial charge is 0.496 e. The minimum Gasteiger partial charge on any atom is -0.496 e. The van der Waals surface area contributed by atoms with E-state index in [1.54, 1.807) is 7.11 Å². The highest BCUT2D eigenvalue weighted by Gasteiger charge is 2.17. The number of carbonyl (C=O) groups excluding carboxylic acids is 1. The number of esters is 1. The van der Waals surface area contributed by atoms with E-state index < -0.39 is 0 Å². The van der Waals surface area contributed by atoms with E-state index in [0.29, 0.717) is 24.5 Å². The molecule has 0 aliphatic carbocycles. The zero-order valence-electron chi connectivity index (χ0n) is 30.8. The molecule has 47 heavy (non-hydrogen) atoms. The summed E-state index contributed by atoms with van der Waals surface area (Å²) in [6, 6.07) is 17.9. The standard InChI is InChI=1S/C25H34N4O.C9H10O2.C4H10.C2H6/c1-7-9-10-12-17(3)25-28-22(15-26)18(4)24(29-25)19(5)27-16-20-13-11-14-23(30-6)21(20)8-2;1-8(10)11-7-9-5-3-2-4-6-9;1-3-4-2;1-2/h11,13-14,17,27H,5,7-10,12,16H2,1-4,6H3;2-6H,7H2,1H3;3-4H2,1-2H3;1-2H3. The van der Waals surface area contributed by atoms with E-state index in [9.17, 15) is 10.1 Å². The molecule has 1 unspecified atom stereocenters. The Bertz CT molecular complexity index is 1350. The van der Waals surface area contributed by atoms with Gasteiger partial charge in [-0.1, -0.05) is 130 Å². The number of carbonyl (C=O) groups is 1. The first-order valence-electron chi connectivity index (χ1n) is 17.2. The molecule has 0 saturated carbocycles. The number of rotatable bonds is 14. The van der Waals surface area contributed by atoms with Gasteiger partial charge in [0.2, 0.25) is 0 Å². The van der Waals surface area contributed by atoms with Crippen LogP contribution in [0.3, 0.4) is 0 Å². The number of nitrogens with zero attached hydrogens (tertiary/aromatic N) is 3. The highest BCUT2D eigenvalue weighted by atomic mass is 16.5. The summed E-state index contributed by atoms with van der Waals surface area (Å²) in [6.45, 7) is 23.3. The molecule has 0 aliphatic heterocycles. The number of aromatic nitrogens is 2. The van der Waals surface area contributed by atoms with Crippen LogP contribution in [0.4, 0.5) is 0 Å². The average Bonchev–Trinajstić information content (AvgIpc) is 3.11. The molecular formula is C40H60N4O3. The minimum absolute atomic E-state index is 0.209. The van der Waals surface area contributed by atoms with Crippen LogP contribution >= 0.6 is 0 Å². The van der Waals surface area contributed by atoms with Crippen molar-refractivity contribution >= 4 is 11.7 Å². The zero-order valence-corrected chi connectivity index (χ0v) is 30.8. The average molecular weight is 645 g/mol. The van der Waals surface area contributed by atoms with Crippen molar-refractivity contribution in [3.8, 4) is 11.8 Å². The highest BCUT2D eigenvalue weighted by molar-refractivity contribution is 5.66. The van der Waals surface area contributed by atoms with Gasteiger partial charge in [0.15, 0.2) is 0 Å². The van der Waals surface area contributed by atoms with Gasteiger partial charge < -0.3 is 14.8 Å². The Kier molecular flexibility index (Phi) is 23.6. The van der Waals surface area contributed by atoms with Crippen molar-refractivity contribution in [3.05, 3.63) is 94.6 Å². The number of hydrogen-bond donors (Lipinski definition) is 1. The maximum Gasteiger partial charge on any atom is 0.302 e. The Morgan fingerprint density at radius 2 is 1.64 bits per heavy atom. The molecule has 3 aromatic rings. The van der Waals surface area contributed by atoms with Gasteiger partial charge >= 0.3 is 5.97 Å². The van der Waals surface area contributed by atoms with Gasteiger partial charge in [0.1, 0.15) is 29.9 Å². The summed E-state index contributed by atoms with van der Waals surface area (Å²) < 4.78 is 10.3. The van der Waals surface area contributed by atoms with Crippen LogP contribution in [0.1, 0.15) is 139 Å². The summed E-state index contributed by atoms with van der Waals surface area (Å²) in [5.41, 5.74) is 5.98. The topological polar surface area (TPSA) is 97.1 Å². The van der Waals surface area contributed by atoms with Gasteiger partial charge in [-0.2, -0.15) is 5.26 Å². The van der Waals surface area contributed by atoms with Gasteiger partial charge in [-0.25, -0.2) is 9.97 Å². The number of nitriles is 1. The fraction of sp³-hybridized carbons (Fsp3) is 0.500. The Morgan fingerprint density at radius 3 is 2.17 bits per heavy atom. The van der Waals surface area contributed by atoms with Crippen molar-refractivity contribution in [1.29, 1.82) is 5.26 Å². The molecule has 1 heterocycles. The Labute approximate surface area is 285 Å². The summed E-state index contributed by atoms with van der Waals surface area (Å²) in [7, 11) is 1.70. The molecule has 0 bridgehead atoms. The number of benzene rings is 2. The van der Waals surface area contributed by atoms with Crippen LogP contribution < -0.4 is 10.1 Å². The van der Waals surface area contributed by atoms with Crippen molar-refractivity contribution in [2.24, 2.45) is 0 Å². The molecule has 0 spiro atoms. The SMILES string of the molecule is C=C(NCc1cccc(OC)c1CC)c1nc(C(C)CCCCC)nc(C#N)c1C.CC.CC(=O)OCc1ccccc1.CCCC. The van der Waals surface area contributed by atoms with Crippen molar-refractivity contribution in [1.82, 2.24) is 15.3 Å². The molecule has 3 rings (SSSR count). The van der Waals surface area contributed by atoms with Gasteiger partial charge in [0.25, 0.3) is 0 Å². The molecule has 0 radical (unpaired) electrons. The maximum atomic E-state index is 10.4. The van der Waals surface area contributed by atoms with Crippen molar-refractivity contribution in [2.75, 3.05) is 7.11 Å². The first-order valence-corrected chi connectivity index (χ1v) is 17.2. The monoisotopic (exact) mass is 644 g/mol. The van der Waals surface area contributed by atoms with Crippen LogP contribution in [0.25, 0.3) is 5.70 Å². The van der Waals surface area contributed by atoms with Crippen LogP contribution in [0.15, 0.2) is 55.1 Å². The lowest BCUT2D eigenvalue weighted by molar-refractivity contribution is -0.142. The lowest BCUT2D eigenvalue weighted by Crippen LogP contribution is -2.17.